The molecule has 9 nitrogen and oxygen atoms in total. The average molecular weight is 348 g/mol. The van der Waals surface area contributed by atoms with E-state index in [1.807, 2.05) is 6.92 Å². The van der Waals surface area contributed by atoms with Crippen molar-refractivity contribution in [3.63, 3.8) is 0 Å². The van der Waals surface area contributed by atoms with Crippen LogP contribution in [-0.4, -0.2) is 34.8 Å². The second kappa shape index (κ2) is 8.13. The fourth-order valence-corrected chi connectivity index (χ4v) is 2.35. The monoisotopic (exact) mass is 348 g/mol. The molecule has 25 heavy (non-hydrogen) atoms. The highest BCUT2D eigenvalue weighted by Crippen LogP contribution is 2.29. The Labute approximate surface area is 144 Å². The number of hydrogen-bond acceptors (Lipinski definition) is 6. The summed E-state index contributed by atoms with van der Waals surface area (Å²) in [5, 5.41) is 17.3. The number of methoxy groups -OCH3 is 2. The smallest absolute Gasteiger partial charge is 0.306 e. The molecule has 134 valence electrons. The number of nitrogens with zero attached hydrogens (tertiary/aromatic N) is 3. The van der Waals surface area contributed by atoms with Gasteiger partial charge in [0.25, 0.3) is 0 Å². The number of aromatic nitrogens is 2. The average Bonchev–Trinajstić information content (AvgIpc) is 3.08. The van der Waals surface area contributed by atoms with Gasteiger partial charge >= 0.3 is 5.69 Å². The van der Waals surface area contributed by atoms with Gasteiger partial charge in [-0.15, -0.1) is 0 Å². The Morgan fingerprint density at radius 3 is 2.76 bits per heavy atom. The Kier molecular flexibility index (Phi) is 5.93. The van der Waals surface area contributed by atoms with Crippen molar-refractivity contribution >= 4 is 11.6 Å². The first-order valence-electron chi connectivity index (χ1n) is 7.62. The van der Waals surface area contributed by atoms with E-state index in [9.17, 15) is 14.9 Å². The summed E-state index contributed by atoms with van der Waals surface area (Å²) in [4.78, 5) is 22.2. The second-order valence-electron chi connectivity index (χ2n) is 5.37. The van der Waals surface area contributed by atoms with E-state index in [-0.39, 0.29) is 30.6 Å². The van der Waals surface area contributed by atoms with Crippen LogP contribution >= 0.6 is 0 Å². The quantitative estimate of drug-likeness (QED) is 0.578. The molecular weight excluding hydrogens is 328 g/mol. The van der Waals surface area contributed by atoms with Crippen LogP contribution in [-0.2, 0) is 11.3 Å². The van der Waals surface area contributed by atoms with Gasteiger partial charge in [0.2, 0.25) is 5.91 Å². The maximum absolute atomic E-state index is 12.1. The maximum Gasteiger partial charge on any atom is 0.306 e. The molecule has 0 spiro atoms. The second-order valence-corrected chi connectivity index (χ2v) is 5.37. The fourth-order valence-electron chi connectivity index (χ4n) is 2.35. The molecule has 0 saturated carbocycles. The van der Waals surface area contributed by atoms with Gasteiger partial charge in [-0.3, -0.25) is 19.6 Å². The number of carbonyl (C=O) groups excluding carboxylic acids is 1. The van der Waals surface area contributed by atoms with Gasteiger partial charge in [-0.05, 0) is 25.1 Å². The van der Waals surface area contributed by atoms with Gasteiger partial charge in [0.05, 0.1) is 25.2 Å². The lowest BCUT2D eigenvalue weighted by atomic mass is 10.1. The number of rotatable bonds is 8. The standard InChI is InChI=1S/C16H20N4O5/c1-11(14-8-13(24-2)4-5-15(14)25-3)18-16(21)6-7-19-10-12(9-17-19)20(22)23/h4-5,8-11H,6-7H2,1-3H3,(H,18,21). The fraction of sp³-hybridized carbons (Fsp3) is 0.375. The number of amides is 1. The molecule has 0 aliphatic heterocycles. The Balaban J connectivity index is 1.96. The number of nitro groups is 1. The molecule has 0 bridgehead atoms. The zero-order valence-electron chi connectivity index (χ0n) is 14.3. The summed E-state index contributed by atoms with van der Waals surface area (Å²) in [5.41, 5.74) is 0.694. The van der Waals surface area contributed by atoms with Gasteiger partial charge in [-0.1, -0.05) is 0 Å². The van der Waals surface area contributed by atoms with Crippen LogP contribution in [0.5, 0.6) is 11.5 Å². The molecule has 1 aromatic carbocycles. The minimum absolute atomic E-state index is 0.102. The van der Waals surface area contributed by atoms with E-state index < -0.39 is 4.92 Å². The van der Waals surface area contributed by atoms with Crippen molar-refractivity contribution in [1.82, 2.24) is 15.1 Å². The molecule has 9 heteroatoms. The SMILES string of the molecule is COc1ccc(OC)c(C(C)NC(=O)CCn2cc([N+](=O)[O-])cn2)c1. The lowest BCUT2D eigenvalue weighted by Gasteiger charge is -2.18. The minimum atomic E-state index is -0.527. The van der Waals surface area contributed by atoms with E-state index in [4.69, 9.17) is 9.47 Å². The predicted molar refractivity (Wildman–Crippen MR) is 89.6 cm³/mol. The van der Waals surface area contributed by atoms with Crippen molar-refractivity contribution < 1.29 is 19.2 Å². The first kappa shape index (κ1) is 18.2. The number of hydrogen-bond donors (Lipinski definition) is 1. The van der Waals surface area contributed by atoms with Crippen LogP contribution in [0, 0.1) is 10.1 Å². The van der Waals surface area contributed by atoms with E-state index in [0.717, 1.165) is 11.8 Å². The molecule has 1 atom stereocenters. The Morgan fingerprint density at radius 2 is 2.16 bits per heavy atom. The van der Waals surface area contributed by atoms with Crippen molar-refractivity contribution in [3.05, 3.63) is 46.3 Å². The van der Waals surface area contributed by atoms with E-state index in [2.05, 4.69) is 10.4 Å². The summed E-state index contributed by atoms with van der Waals surface area (Å²) in [7, 11) is 3.13. The van der Waals surface area contributed by atoms with Crippen LogP contribution in [0.1, 0.15) is 24.9 Å². The predicted octanol–water partition coefficient (Wildman–Crippen LogP) is 2.08. The molecule has 2 aromatic rings. The summed E-state index contributed by atoms with van der Waals surface area (Å²) in [6.45, 7) is 2.09. The summed E-state index contributed by atoms with van der Waals surface area (Å²) < 4.78 is 11.9. The van der Waals surface area contributed by atoms with Crippen LogP contribution in [0.25, 0.3) is 0 Å². The van der Waals surface area contributed by atoms with Gasteiger partial charge in [-0.2, -0.15) is 5.10 Å². The summed E-state index contributed by atoms with van der Waals surface area (Å²) in [5.74, 6) is 1.12. The molecular formula is C16H20N4O5. The highest BCUT2D eigenvalue weighted by molar-refractivity contribution is 5.76. The Bertz CT molecular complexity index is 759. The largest absolute Gasteiger partial charge is 0.497 e. The van der Waals surface area contributed by atoms with Gasteiger partial charge in [-0.25, -0.2) is 0 Å². The highest BCUT2D eigenvalue weighted by Gasteiger charge is 2.16. The zero-order valence-corrected chi connectivity index (χ0v) is 14.3. The van der Waals surface area contributed by atoms with Crippen LogP contribution in [0.15, 0.2) is 30.6 Å². The normalized spacial score (nSPS) is 11.6. The molecule has 1 heterocycles. The zero-order chi connectivity index (χ0) is 18.4. The molecule has 2 rings (SSSR count). The molecule has 1 unspecified atom stereocenters. The van der Waals surface area contributed by atoms with Crippen molar-refractivity contribution in [2.45, 2.75) is 25.9 Å². The van der Waals surface area contributed by atoms with Gasteiger partial charge < -0.3 is 14.8 Å². The lowest BCUT2D eigenvalue weighted by Crippen LogP contribution is -2.27. The van der Waals surface area contributed by atoms with Crippen LogP contribution in [0.4, 0.5) is 5.69 Å². The molecule has 0 aliphatic rings. The van der Waals surface area contributed by atoms with Crippen molar-refractivity contribution in [2.75, 3.05) is 14.2 Å². The van der Waals surface area contributed by atoms with E-state index in [0.29, 0.717) is 11.5 Å². The number of nitrogens with one attached hydrogen (secondary N) is 1. The highest BCUT2D eigenvalue weighted by atomic mass is 16.6. The van der Waals surface area contributed by atoms with E-state index in [1.165, 1.54) is 10.9 Å². The number of aryl methyl sites for hydroxylation is 1. The van der Waals surface area contributed by atoms with Crippen molar-refractivity contribution in [3.8, 4) is 11.5 Å². The topological polar surface area (TPSA) is 109 Å². The molecule has 1 aromatic heterocycles. The van der Waals surface area contributed by atoms with Crippen LogP contribution in [0.3, 0.4) is 0 Å². The first-order valence-corrected chi connectivity index (χ1v) is 7.62. The third-order valence-electron chi connectivity index (χ3n) is 3.68. The Hall–Kier alpha value is -3.10. The van der Waals surface area contributed by atoms with E-state index >= 15 is 0 Å². The van der Waals surface area contributed by atoms with E-state index in [1.54, 1.807) is 32.4 Å². The first-order chi connectivity index (χ1) is 11.9. The molecule has 0 saturated heterocycles. The van der Waals surface area contributed by atoms with Gasteiger partial charge in [0, 0.05) is 18.5 Å². The lowest BCUT2D eigenvalue weighted by molar-refractivity contribution is -0.385. The number of carbonyl (C=O) groups is 1. The van der Waals surface area contributed by atoms with Gasteiger partial charge in [0.15, 0.2) is 0 Å². The third kappa shape index (κ3) is 4.69. The van der Waals surface area contributed by atoms with Crippen molar-refractivity contribution in [2.24, 2.45) is 0 Å². The maximum atomic E-state index is 12.1. The summed E-state index contributed by atoms with van der Waals surface area (Å²) in [6.07, 6.45) is 2.60. The van der Waals surface area contributed by atoms with Gasteiger partial charge in [0.1, 0.15) is 23.9 Å². The minimum Gasteiger partial charge on any atom is -0.497 e. The molecule has 1 amide bonds. The Morgan fingerprint density at radius 1 is 1.40 bits per heavy atom. The van der Waals surface area contributed by atoms with Crippen LogP contribution in [0.2, 0.25) is 0 Å². The summed E-state index contributed by atoms with van der Waals surface area (Å²) >= 11 is 0. The number of ether oxygens (including phenoxy) is 2. The molecule has 0 fully saturated rings. The van der Waals surface area contributed by atoms with Crippen LogP contribution < -0.4 is 14.8 Å². The summed E-state index contributed by atoms with van der Waals surface area (Å²) in [6, 6.07) is 5.08. The molecule has 1 N–H and O–H groups in total. The number of benzene rings is 1. The van der Waals surface area contributed by atoms with Crippen molar-refractivity contribution in [1.29, 1.82) is 0 Å². The molecule has 0 aliphatic carbocycles. The third-order valence-corrected chi connectivity index (χ3v) is 3.68. The molecule has 0 radical (unpaired) electrons.